The zero-order valence-corrected chi connectivity index (χ0v) is 12.6. The maximum atomic E-state index is 13.5. The molecule has 1 N–H and O–H groups in total. The van der Waals surface area contributed by atoms with Crippen molar-refractivity contribution in [1.29, 1.82) is 0 Å². The van der Waals surface area contributed by atoms with E-state index in [0.717, 1.165) is 37.1 Å². The van der Waals surface area contributed by atoms with Crippen molar-refractivity contribution in [3.8, 4) is 5.75 Å². The van der Waals surface area contributed by atoms with Gasteiger partial charge in [-0.25, -0.2) is 4.39 Å². The summed E-state index contributed by atoms with van der Waals surface area (Å²) in [7, 11) is 0. The van der Waals surface area contributed by atoms with Gasteiger partial charge in [0.1, 0.15) is 17.2 Å². The van der Waals surface area contributed by atoms with E-state index < -0.39 is 0 Å². The van der Waals surface area contributed by atoms with Crippen LogP contribution in [0.15, 0.2) is 18.2 Å². The van der Waals surface area contributed by atoms with Crippen molar-refractivity contribution >= 4 is 0 Å². The Morgan fingerprint density at radius 3 is 2.80 bits per heavy atom. The van der Waals surface area contributed by atoms with Crippen molar-refractivity contribution in [2.75, 3.05) is 6.54 Å². The molecule has 0 aromatic heterocycles. The first kappa shape index (κ1) is 13.9. The second-order valence-corrected chi connectivity index (χ2v) is 7.12. The Kier molecular flexibility index (Phi) is 3.28. The summed E-state index contributed by atoms with van der Waals surface area (Å²) in [5.74, 6) is 0.521. The van der Waals surface area contributed by atoms with E-state index in [1.165, 1.54) is 12.5 Å². The first-order chi connectivity index (χ1) is 9.43. The van der Waals surface area contributed by atoms with E-state index in [2.05, 4.69) is 26.1 Å². The summed E-state index contributed by atoms with van der Waals surface area (Å²) >= 11 is 0. The summed E-state index contributed by atoms with van der Waals surface area (Å²) in [6, 6.07) is 5.22. The fourth-order valence-corrected chi connectivity index (χ4v) is 3.95. The predicted molar refractivity (Wildman–Crippen MR) is 78.4 cm³/mol. The second kappa shape index (κ2) is 4.73. The van der Waals surface area contributed by atoms with E-state index in [1.54, 1.807) is 6.07 Å². The number of ether oxygens (including phenoxy) is 1. The van der Waals surface area contributed by atoms with Gasteiger partial charge in [0, 0.05) is 24.1 Å². The molecule has 1 aromatic rings. The van der Waals surface area contributed by atoms with E-state index in [1.807, 2.05) is 6.07 Å². The van der Waals surface area contributed by atoms with Crippen molar-refractivity contribution in [3.05, 3.63) is 29.6 Å². The summed E-state index contributed by atoms with van der Waals surface area (Å²) < 4.78 is 19.8. The normalized spacial score (nSPS) is 31.1. The quantitative estimate of drug-likeness (QED) is 0.874. The smallest absolute Gasteiger partial charge is 0.127 e. The highest BCUT2D eigenvalue weighted by atomic mass is 19.1. The van der Waals surface area contributed by atoms with Gasteiger partial charge in [-0.1, -0.05) is 26.8 Å². The van der Waals surface area contributed by atoms with E-state index in [4.69, 9.17) is 4.74 Å². The second-order valence-electron chi connectivity index (χ2n) is 7.12. The Labute approximate surface area is 120 Å². The van der Waals surface area contributed by atoms with Gasteiger partial charge in [-0.05, 0) is 37.3 Å². The molecule has 2 aliphatic rings. The lowest BCUT2D eigenvalue weighted by molar-refractivity contribution is 0.0276. The first-order valence-electron chi connectivity index (χ1n) is 7.65. The number of benzene rings is 1. The highest BCUT2D eigenvalue weighted by molar-refractivity contribution is 5.40. The standard InChI is InChI=1S/C17H24FNO/c1-4-19-14-10-17(8-7-16(2,3)11-17)20-15-9-12(18)5-6-13(14)15/h5-6,9,14,19H,4,7-8,10-11H2,1-3H3. The summed E-state index contributed by atoms with van der Waals surface area (Å²) in [6.45, 7) is 7.63. The molecular weight excluding hydrogens is 253 g/mol. The van der Waals surface area contributed by atoms with E-state index in [0.29, 0.717) is 5.41 Å². The Morgan fingerprint density at radius 2 is 2.15 bits per heavy atom. The number of fused-ring (bicyclic) bond motifs is 1. The van der Waals surface area contributed by atoms with Crippen molar-refractivity contribution < 1.29 is 9.13 Å². The van der Waals surface area contributed by atoms with Crippen LogP contribution in [0.5, 0.6) is 5.75 Å². The van der Waals surface area contributed by atoms with Gasteiger partial charge >= 0.3 is 0 Å². The van der Waals surface area contributed by atoms with E-state index in [9.17, 15) is 4.39 Å². The van der Waals surface area contributed by atoms with Crippen LogP contribution in [-0.4, -0.2) is 12.1 Å². The molecule has 1 aliphatic heterocycles. The first-order valence-corrected chi connectivity index (χ1v) is 7.65. The molecule has 2 atom stereocenters. The van der Waals surface area contributed by atoms with Gasteiger partial charge in [0.15, 0.2) is 0 Å². The summed E-state index contributed by atoms with van der Waals surface area (Å²) in [4.78, 5) is 0. The van der Waals surface area contributed by atoms with Crippen LogP contribution in [0.3, 0.4) is 0 Å². The molecule has 1 heterocycles. The largest absolute Gasteiger partial charge is 0.487 e. The van der Waals surface area contributed by atoms with Crippen LogP contribution in [0, 0.1) is 11.2 Å². The molecule has 1 fully saturated rings. The maximum Gasteiger partial charge on any atom is 0.127 e. The number of rotatable bonds is 2. The highest BCUT2D eigenvalue weighted by Gasteiger charge is 2.49. The van der Waals surface area contributed by atoms with Crippen LogP contribution in [0.4, 0.5) is 4.39 Å². The van der Waals surface area contributed by atoms with Crippen molar-refractivity contribution in [1.82, 2.24) is 5.32 Å². The fraction of sp³-hybridized carbons (Fsp3) is 0.647. The van der Waals surface area contributed by atoms with Crippen molar-refractivity contribution in [2.45, 2.75) is 58.1 Å². The summed E-state index contributed by atoms with van der Waals surface area (Å²) in [5.41, 5.74) is 1.31. The van der Waals surface area contributed by atoms with Gasteiger partial charge in [0.25, 0.3) is 0 Å². The average molecular weight is 277 g/mol. The molecule has 0 radical (unpaired) electrons. The van der Waals surface area contributed by atoms with Gasteiger partial charge < -0.3 is 10.1 Å². The van der Waals surface area contributed by atoms with Crippen LogP contribution in [0.2, 0.25) is 0 Å². The van der Waals surface area contributed by atoms with Crippen molar-refractivity contribution in [3.63, 3.8) is 0 Å². The Bertz CT molecular complexity index is 514. The van der Waals surface area contributed by atoms with E-state index >= 15 is 0 Å². The van der Waals surface area contributed by atoms with Crippen molar-refractivity contribution in [2.24, 2.45) is 5.41 Å². The Morgan fingerprint density at radius 1 is 1.35 bits per heavy atom. The monoisotopic (exact) mass is 277 g/mol. The Hall–Kier alpha value is -1.09. The lowest BCUT2D eigenvalue weighted by Gasteiger charge is -2.41. The SMILES string of the molecule is CCNC1CC2(CCC(C)(C)C2)Oc2cc(F)ccc21. The molecule has 1 aromatic carbocycles. The molecule has 2 unspecified atom stereocenters. The van der Waals surface area contributed by atoms with Crippen LogP contribution < -0.4 is 10.1 Å². The zero-order chi connectivity index (χ0) is 14.4. The molecule has 1 saturated carbocycles. The molecule has 0 saturated heterocycles. The molecule has 2 nitrogen and oxygen atoms in total. The number of hydrogen-bond acceptors (Lipinski definition) is 2. The number of halogens is 1. The molecule has 0 amide bonds. The average Bonchev–Trinajstić information content (AvgIpc) is 2.64. The molecular formula is C17H24FNO. The van der Waals surface area contributed by atoms with Gasteiger partial charge in [-0.15, -0.1) is 0 Å². The Balaban J connectivity index is 1.96. The fourth-order valence-electron chi connectivity index (χ4n) is 3.95. The minimum Gasteiger partial charge on any atom is -0.487 e. The predicted octanol–water partition coefficient (Wildman–Crippen LogP) is 4.21. The summed E-state index contributed by atoms with van der Waals surface area (Å²) in [5, 5.41) is 3.54. The molecule has 1 spiro atoms. The molecule has 3 heteroatoms. The van der Waals surface area contributed by atoms with E-state index in [-0.39, 0.29) is 17.5 Å². The zero-order valence-electron chi connectivity index (χ0n) is 12.6. The van der Waals surface area contributed by atoms with Crippen LogP contribution in [0.25, 0.3) is 0 Å². The molecule has 3 rings (SSSR count). The number of hydrogen-bond donors (Lipinski definition) is 1. The third-order valence-corrected chi connectivity index (χ3v) is 4.76. The van der Waals surface area contributed by atoms with Gasteiger partial charge in [0.2, 0.25) is 0 Å². The van der Waals surface area contributed by atoms with Crippen LogP contribution in [0.1, 0.15) is 58.1 Å². The maximum absolute atomic E-state index is 13.5. The lowest BCUT2D eigenvalue weighted by atomic mass is 9.82. The third-order valence-electron chi connectivity index (χ3n) is 4.76. The van der Waals surface area contributed by atoms with Gasteiger partial charge in [-0.2, -0.15) is 0 Å². The highest BCUT2D eigenvalue weighted by Crippen LogP contribution is 2.52. The summed E-state index contributed by atoms with van der Waals surface area (Å²) in [6.07, 6.45) is 4.29. The molecule has 1 aliphatic carbocycles. The van der Waals surface area contributed by atoms with Crippen LogP contribution in [-0.2, 0) is 0 Å². The molecule has 20 heavy (non-hydrogen) atoms. The van der Waals surface area contributed by atoms with Gasteiger partial charge in [-0.3, -0.25) is 0 Å². The molecule has 110 valence electrons. The third kappa shape index (κ3) is 2.44. The number of nitrogens with one attached hydrogen (secondary N) is 1. The minimum atomic E-state index is -0.215. The minimum absolute atomic E-state index is 0.114. The van der Waals surface area contributed by atoms with Gasteiger partial charge in [0.05, 0.1) is 0 Å². The topological polar surface area (TPSA) is 21.3 Å². The molecule has 0 bridgehead atoms. The lowest BCUT2D eigenvalue weighted by Crippen LogP contribution is -2.43. The van der Waals surface area contributed by atoms with Crippen LogP contribution >= 0.6 is 0 Å².